The Balaban J connectivity index is 0.000000516. The second-order valence-corrected chi connectivity index (χ2v) is 6.28. The van der Waals surface area contributed by atoms with Gasteiger partial charge in [-0.1, -0.05) is 6.07 Å². The molecule has 4 rings (SSSR count). The summed E-state index contributed by atoms with van der Waals surface area (Å²) >= 11 is 0. The average Bonchev–Trinajstić information content (AvgIpc) is 3.40. The third-order valence-corrected chi connectivity index (χ3v) is 3.91. The molecule has 0 aliphatic heterocycles. The van der Waals surface area contributed by atoms with E-state index in [9.17, 15) is 4.79 Å². The lowest BCUT2D eigenvalue weighted by Crippen LogP contribution is -2.03. The van der Waals surface area contributed by atoms with Crippen molar-refractivity contribution in [2.75, 3.05) is 6.61 Å². The monoisotopic (exact) mass is 384 g/mol. The second kappa shape index (κ2) is 8.81. The molecule has 0 saturated heterocycles. The van der Waals surface area contributed by atoms with Gasteiger partial charge in [-0.15, -0.1) is 0 Å². The Morgan fingerprint density at radius 2 is 1.79 bits per heavy atom. The molecular weight excluding hydrogens is 364 g/mol. The molecular formula is C20H20N2O6. The summed E-state index contributed by atoms with van der Waals surface area (Å²) in [6, 6.07) is 16.5. The highest BCUT2D eigenvalue weighted by molar-refractivity contribution is 5.61. The predicted octanol–water partition coefficient (Wildman–Crippen LogP) is 3.84. The molecule has 8 nitrogen and oxygen atoms in total. The highest BCUT2D eigenvalue weighted by Gasteiger charge is 2.21. The highest BCUT2D eigenvalue weighted by Crippen LogP contribution is 2.31. The lowest BCUT2D eigenvalue weighted by atomic mass is 10.1. The molecule has 1 heterocycles. The number of hydrogen-bond acceptors (Lipinski definition) is 5. The molecule has 0 atom stereocenters. The van der Waals surface area contributed by atoms with Gasteiger partial charge in [-0.3, -0.25) is 0 Å². The SMILES string of the molecule is NC(=O)O.O=c1cc(-c2ccc(Oc3cccc(OCC4CC4)c3)cc2)[nH]o1. The highest BCUT2D eigenvalue weighted by atomic mass is 16.5. The van der Waals surface area contributed by atoms with Crippen molar-refractivity contribution in [2.45, 2.75) is 12.8 Å². The van der Waals surface area contributed by atoms with E-state index >= 15 is 0 Å². The number of aromatic nitrogens is 1. The number of carbonyl (C=O) groups is 1. The van der Waals surface area contributed by atoms with Crippen LogP contribution < -0.4 is 20.8 Å². The van der Waals surface area contributed by atoms with Gasteiger partial charge in [0.25, 0.3) is 0 Å². The fourth-order valence-corrected chi connectivity index (χ4v) is 2.39. The molecule has 0 bridgehead atoms. The first kappa shape index (κ1) is 19.1. The number of amides is 1. The standard InChI is InChI=1S/C19H17NO4.CH3NO2/c21-19-11-18(20-24-19)14-6-8-15(9-7-14)23-17-3-1-2-16(10-17)22-12-13-4-5-13;2-1(3)4/h1-3,6-11,13,20H,4-5,12H2;2H2,(H,3,4). The van der Waals surface area contributed by atoms with Gasteiger partial charge >= 0.3 is 11.7 Å². The molecule has 1 aliphatic rings. The second-order valence-electron chi connectivity index (χ2n) is 6.28. The molecule has 1 amide bonds. The van der Waals surface area contributed by atoms with Gasteiger partial charge in [0.05, 0.1) is 18.4 Å². The van der Waals surface area contributed by atoms with Crippen LogP contribution >= 0.6 is 0 Å². The van der Waals surface area contributed by atoms with Crippen LogP contribution in [0, 0.1) is 5.92 Å². The van der Waals surface area contributed by atoms with Crippen molar-refractivity contribution in [2.24, 2.45) is 11.7 Å². The summed E-state index contributed by atoms with van der Waals surface area (Å²) in [5.74, 6) is 2.99. The predicted molar refractivity (Wildman–Crippen MR) is 102 cm³/mol. The Morgan fingerprint density at radius 3 is 2.39 bits per heavy atom. The number of H-pyrrole nitrogens is 1. The number of nitrogens with one attached hydrogen (secondary N) is 1. The van der Waals surface area contributed by atoms with Crippen LogP contribution in [0.15, 0.2) is 63.9 Å². The normalized spacial score (nSPS) is 12.6. The molecule has 1 saturated carbocycles. The Hall–Kier alpha value is -3.68. The minimum atomic E-state index is -1.33. The van der Waals surface area contributed by atoms with Crippen molar-refractivity contribution in [3.05, 3.63) is 65.0 Å². The first-order valence-electron chi connectivity index (χ1n) is 8.67. The van der Waals surface area contributed by atoms with Crippen molar-refractivity contribution in [3.63, 3.8) is 0 Å². The van der Waals surface area contributed by atoms with Gasteiger partial charge in [0, 0.05) is 11.6 Å². The quantitative estimate of drug-likeness (QED) is 0.592. The number of aromatic amines is 1. The van der Waals surface area contributed by atoms with Gasteiger partial charge < -0.3 is 24.8 Å². The van der Waals surface area contributed by atoms with Gasteiger partial charge in [0.1, 0.15) is 17.2 Å². The summed E-state index contributed by atoms with van der Waals surface area (Å²) < 4.78 is 16.3. The largest absolute Gasteiger partial charge is 0.493 e. The summed E-state index contributed by atoms with van der Waals surface area (Å²) in [6.07, 6.45) is 1.20. The molecule has 0 spiro atoms. The maximum atomic E-state index is 11.1. The smallest absolute Gasteiger partial charge is 0.402 e. The van der Waals surface area contributed by atoms with E-state index in [1.807, 2.05) is 48.5 Å². The Labute approximate surface area is 160 Å². The zero-order valence-corrected chi connectivity index (χ0v) is 15.0. The lowest BCUT2D eigenvalue weighted by Gasteiger charge is -2.09. The fourth-order valence-electron chi connectivity index (χ4n) is 2.39. The van der Waals surface area contributed by atoms with E-state index in [1.54, 1.807) is 0 Å². The Kier molecular flexibility index (Phi) is 6.01. The molecule has 0 unspecified atom stereocenters. The van der Waals surface area contributed by atoms with E-state index in [-0.39, 0.29) is 0 Å². The number of ether oxygens (including phenoxy) is 2. The van der Waals surface area contributed by atoms with Crippen LogP contribution in [0.5, 0.6) is 17.2 Å². The van der Waals surface area contributed by atoms with Crippen LogP contribution in [0.25, 0.3) is 11.3 Å². The molecule has 1 fully saturated rings. The van der Waals surface area contributed by atoms with Crippen LogP contribution in [-0.4, -0.2) is 23.0 Å². The maximum Gasteiger partial charge on any atom is 0.402 e. The van der Waals surface area contributed by atoms with Crippen molar-refractivity contribution in [1.29, 1.82) is 0 Å². The molecule has 1 aromatic heterocycles. The van der Waals surface area contributed by atoms with E-state index in [0.717, 1.165) is 29.6 Å². The number of nitrogens with two attached hydrogens (primary N) is 1. The first-order chi connectivity index (χ1) is 13.5. The van der Waals surface area contributed by atoms with Gasteiger partial charge in [-0.05, 0) is 55.2 Å². The molecule has 4 N–H and O–H groups in total. The summed E-state index contributed by atoms with van der Waals surface area (Å²) in [6.45, 7) is 0.779. The van der Waals surface area contributed by atoms with Crippen molar-refractivity contribution < 1.29 is 23.9 Å². The van der Waals surface area contributed by atoms with Gasteiger partial charge in [-0.2, -0.15) is 0 Å². The van der Waals surface area contributed by atoms with Gasteiger partial charge in [-0.25, -0.2) is 14.7 Å². The van der Waals surface area contributed by atoms with Gasteiger partial charge in [0.2, 0.25) is 0 Å². The first-order valence-corrected chi connectivity index (χ1v) is 8.67. The summed E-state index contributed by atoms with van der Waals surface area (Å²) in [5, 5.41) is 9.78. The van der Waals surface area contributed by atoms with E-state index < -0.39 is 11.7 Å². The number of hydrogen-bond donors (Lipinski definition) is 3. The third-order valence-electron chi connectivity index (χ3n) is 3.91. The van der Waals surface area contributed by atoms with Crippen LogP contribution in [0.2, 0.25) is 0 Å². The Morgan fingerprint density at radius 1 is 1.11 bits per heavy atom. The van der Waals surface area contributed by atoms with E-state index in [2.05, 4.69) is 15.4 Å². The lowest BCUT2D eigenvalue weighted by molar-refractivity contribution is 0.205. The number of carboxylic acid groups (broad SMARTS) is 1. The molecule has 3 aromatic rings. The molecule has 0 radical (unpaired) electrons. The van der Waals surface area contributed by atoms with Crippen LogP contribution in [0.3, 0.4) is 0 Å². The Bertz CT molecular complexity index is 969. The molecule has 146 valence electrons. The van der Waals surface area contributed by atoms with Crippen molar-refractivity contribution in [3.8, 4) is 28.5 Å². The van der Waals surface area contributed by atoms with Crippen molar-refractivity contribution >= 4 is 6.09 Å². The number of benzene rings is 2. The van der Waals surface area contributed by atoms with Crippen LogP contribution in [-0.2, 0) is 0 Å². The fraction of sp³-hybridized carbons (Fsp3) is 0.200. The van der Waals surface area contributed by atoms with Crippen LogP contribution in [0.1, 0.15) is 12.8 Å². The average molecular weight is 384 g/mol. The summed E-state index contributed by atoms with van der Waals surface area (Å²) in [5.41, 5.74) is 5.13. The number of rotatable bonds is 6. The molecule has 28 heavy (non-hydrogen) atoms. The summed E-state index contributed by atoms with van der Waals surface area (Å²) in [4.78, 5) is 19.8. The third kappa shape index (κ3) is 5.94. The van der Waals surface area contributed by atoms with Gasteiger partial charge in [0.15, 0.2) is 0 Å². The zero-order chi connectivity index (χ0) is 19.9. The minimum absolute atomic E-state index is 0.395. The topological polar surface area (TPSA) is 128 Å². The molecule has 1 aliphatic carbocycles. The zero-order valence-electron chi connectivity index (χ0n) is 15.0. The van der Waals surface area contributed by atoms with E-state index in [4.69, 9.17) is 19.4 Å². The maximum absolute atomic E-state index is 11.1. The molecule has 8 heteroatoms. The van der Waals surface area contributed by atoms with E-state index in [0.29, 0.717) is 11.4 Å². The van der Waals surface area contributed by atoms with Crippen molar-refractivity contribution in [1.82, 2.24) is 5.16 Å². The molecule has 2 aromatic carbocycles. The summed E-state index contributed by atoms with van der Waals surface area (Å²) in [7, 11) is 0. The minimum Gasteiger partial charge on any atom is -0.493 e. The van der Waals surface area contributed by atoms with Crippen LogP contribution in [0.4, 0.5) is 4.79 Å². The van der Waals surface area contributed by atoms with E-state index in [1.165, 1.54) is 18.9 Å². The number of primary amides is 1.